The van der Waals surface area contributed by atoms with E-state index in [1.807, 2.05) is 0 Å². The summed E-state index contributed by atoms with van der Waals surface area (Å²) in [6, 6.07) is 1.87. The normalized spacial score (nSPS) is 21.1. The summed E-state index contributed by atoms with van der Waals surface area (Å²) in [4.78, 5) is 19.9. The largest absolute Gasteiger partial charge is 0.478 e. The molecule has 1 aromatic rings. The Labute approximate surface area is 115 Å². The van der Waals surface area contributed by atoms with Crippen LogP contribution in [-0.2, 0) is 0 Å². The maximum atomic E-state index is 11.3. The minimum atomic E-state index is -0.940. The van der Waals surface area contributed by atoms with Crippen LogP contribution in [0.25, 0.3) is 0 Å². The zero-order valence-electron chi connectivity index (χ0n) is 10.4. The van der Waals surface area contributed by atoms with E-state index >= 15 is 0 Å². The van der Waals surface area contributed by atoms with Gasteiger partial charge in [-0.15, -0.1) is 0 Å². The molecule has 1 saturated heterocycles. The van der Waals surface area contributed by atoms with Crippen LogP contribution in [-0.4, -0.2) is 53.7 Å². The van der Waals surface area contributed by atoms with Crippen molar-refractivity contribution in [2.24, 2.45) is 0 Å². The average molecular weight is 314 g/mol. The molecular formula is C12H16BrN3O2. The Bertz CT molecular complexity index is 467. The lowest BCUT2D eigenvalue weighted by Gasteiger charge is -2.39. The number of carbonyl (C=O) groups is 1. The van der Waals surface area contributed by atoms with Crippen molar-refractivity contribution >= 4 is 27.7 Å². The van der Waals surface area contributed by atoms with E-state index in [9.17, 15) is 9.90 Å². The fourth-order valence-corrected chi connectivity index (χ4v) is 2.60. The molecule has 1 atom stereocenters. The fourth-order valence-electron chi connectivity index (χ4n) is 2.27. The number of hydrogen-bond donors (Lipinski definition) is 1. The average Bonchev–Trinajstić information content (AvgIpc) is 2.29. The van der Waals surface area contributed by atoms with E-state index in [-0.39, 0.29) is 11.6 Å². The van der Waals surface area contributed by atoms with Gasteiger partial charge in [-0.3, -0.25) is 0 Å². The zero-order valence-corrected chi connectivity index (χ0v) is 12.0. The van der Waals surface area contributed by atoms with Crippen molar-refractivity contribution in [3.05, 3.63) is 22.3 Å². The molecule has 0 saturated carbocycles. The third-order valence-electron chi connectivity index (χ3n) is 3.17. The number of likely N-dealkylation sites (N-methyl/N-ethyl adjacent to an activating group) is 1. The van der Waals surface area contributed by atoms with E-state index in [4.69, 9.17) is 0 Å². The van der Waals surface area contributed by atoms with Crippen LogP contribution in [0, 0.1) is 0 Å². The monoisotopic (exact) mass is 313 g/mol. The van der Waals surface area contributed by atoms with Gasteiger partial charge in [-0.05, 0) is 36.0 Å². The SMILES string of the molecule is CC1CN(C)CCN1c1ncc(Br)cc1C(=O)O. The van der Waals surface area contributed by atoms with E-state index in [1.165, 1.54) is 0 Å². The van der Waals surface area contributed by atoms with Crippen LogP contribution in [0.3, 0.4) is 0 Å². The van der Waals surface area contributed by atoms with Gasteiger partial charge in [0.1, 0.15) is 11.4 Å². The maximum Gasteiger partial charge on any atom is 0.339 e. The molecule has 0 aliphatic carbocycles. The molecule has 2 rings (SSSR count). The minimum Gasteiger partial charge on any atom is -0.478 e. The highest BCUT2D eigenvalue weighted by Gasteiger charge is 2.26. The van der Waals surface area contributed by atoms with Crippen LogP contribution >= 0.6 is 15.9 Å². The second kappa shape index (κ2) is 5.24. The third-order valence-corrected chi connectivity index (χ3v) is 3.60. The number of rotatable bonds is 2. The number of carboxylic acids is 1. The highest BCUT2D eigenvalue weighted by atomic mass is 79.9. The van der Waals surface area contributed by atoms with Crippen molar-refractivity contribution in [1.29, 1.82) is 0 Å². The lowest BCUT2D eigenvalue weighted by atomic mass is 10.1. The van der Waals surface area contributed by atoms with E-state index in [1.54, 1.807) is 12.3 Å². The lowest BCUT2D eigenvalue weighted by Crippen LogP contribution is -2.51. The van der Waals surface area contributed by atoms with Crippen LogP contribution in [0.1, 0.15) is 17.3 Å². The topological polar surface area (TPSA) is 56.7 Å². The summed E-state index contributed by atoms with van der Waals surface area (Å²) < 4.78 is 0.686. The molecule has 5 nitrogen and oxygen atoms in total. The van der Waals surface area contributed by atoms with Crippen molar-refractivity contribution in [2.45, 2.75) is 13.0 Å². The first-order valence-corrected chi connectivity index (χ1v) is 6.62. The third kappa shape index (κ3) is 2.64. The molecule has 2 heterocycles. The Morgan fingerprint density at radius 2 is 2.28 bits per heavy atom. The quantitative estimate of drug-likeness (QED) is 0.900. The number of aromatic carboxylic acids is 1. The summed E-state index contributed by atoms with van der Waals surface area (Å²) in [6.07, 6.45) is 1.65. The molecule has 1 unspecified atom stereocenters. The molecule has 98 valence electrons. The Morgan fingerprint density at radius 1 is 1.56 bits per heavy atom. The summed E-state index contributed by atoms with van der Waals surface area (Å²) in [5.74, 6) is -0.378. The highest BCUT2D eigenvalue weighted by Crippen LogP contribution is 2.25. The molecule has 0 radical (unpaired) electrons. The zero-order chi connectivity index (χ0) is 13.3. The van der Waals surface area contributed by atoms with E-state index in [2.05, 4.69) is 44.7 Å². The van der Waals surface area contributed by atoms with Gasteiger partial charge in [0, 0.05) is 36.3 Å². The number of piperazine rings is 1. The van der Waals surface area contributed by atoms with Crippen LogP contribution in [0.15, 0.2) is 16.7 Å². The van der Waals surface area contributed by atoms with Crippen molar-refractivity contribution in [2.75, 3.05) is 31.6 Å². The van der Waals surface area contributed by atoms with Gasteiger partial charge in [0.25, 0.3) is 0 Å². The Hall–Kier alpha value is -1.14. The van der Waals surface area contributed by atoms with Crippen LogP contribution in [0.4, 0.5) is 5.82 Å². The van der Waals surface area contributed by atoms with Gasteiger partial charge in [-0.25, -0.2) is 9.78 Å². The van der Waals surface area contributed by atoms with Crippen molar-refractivity contribution in [3.63, 3.8) is 0 Å². The van der Waals surface area contributed by atoms with Crippen LogP contribution < -0.4 is 4.90 Å². The minimum absolute atomic E-state index is 0.251. The first kappa shape index (κ1) is 13.3. The van der Waals surface area contributed by atoms with Crippen molar-refractivity contribution in [1.82, 2.24) is 9.88 Å². The number of halogens is 1. The molecule has 1 fully saturated rings. The van der Waals surface area contributed by atoms with Gasteiger partial charge < -0.3 is 14.9 Å². The van der Waals surface area contributed by atoms with Crippen LogP contribution in [0.5, 0.6) is 0 Å². The van der Waals surface area contributed by atoms with Gasteiger partial charge in [0.05, 0.1) is 0 Å². The standard InChI is InChI=1S/C12H16BrN3O2/c1-8-7-15(2)3-4-16(8)11-10(12(17)18)5-9(13)6-14-11/h5-6,8H,3-4,7H2,1-2H3,(H,17,18). The summed E-state index contributed by atoms with van der Waals surface area (Å²) in [5.41, 5.74) is 0.251. The molecule has 1 aliphatic heterocycles. The predicted molar refractivity (Wildman–Crippen MR) is 73.2 cm³/mol. The second-order valence-corrected chi connectivity index (χ2v) is 5.55. The van der Waals surface area contributed by atoms with E-state index in [0.717, 1.165) is 19.6 Å². The van der Waals surface area contributed by atoms with Gasteiger partial charge in [0.15, 0.2) is 0 Å². The lowest BCUT2D eigenvalue weighted by molar-refractivity contribution is 0.0696. The van der Waals surface area contributed by atoms with Gasteiger partial charge in [-0.1, -0.05) is 0 Å². The summed E-state index contributed by atoms with van der Waals surface area (Å²) in [7, 11) is 2.07. The molecule has 1 N–H and O–H groups in total. The number of hydrogen-bond acceptors (Lipinski definition) is 4. The molecule has 6 heteroatoms. The molecule has 0 bridgehead atoms. The van der Waals surface area contributed by atoms with E-state index < -0.39 is 5.97 Å². The van der Waals surface area contributed by atoms with Gasteiger partial charge in [-0.2, -0.15) is 0 Å². The molecule has 1 aromatic heterocycles. The predicted octanol–water partition coefficient (Wildman–Crippen LogP) is 1.68. The number of carboxylic acid groups (broad SMARTS) is 1. The number of nitrogens with zero attached hydrogens (tertiary/aromatic N) is 3. The van der Waals surface area contributed by atoms with Gasteiger partial charge >= 0.3 is 5.97 Å². The van der Waals surface area contributed by atoms with E-state index in [0.29, 0.717) is 10.3 Å². The summed E-state index contributed by atoms with van der Waals surface area (Å²) in [5, 5.41) is 9.26. The molecule has 0 amide bonds. The molecule has 18 heavy (non-hydrogen) atoms. The molecule has 0 aromatic carbocycles. The Balaban J connectivity index is 2.35. The molecular weight excluding hydrogens is 298 g/mol. The number of pyridine rings is 1. The van der Waals surface area contributed by atoms with Crippen LogP contribution in [0.2, 0.25) is 0 Å². The number of anilines is 1. The maximum absolute atomic E-state index is 11.3. The smallest absolute Gasteiger partial charge is 0.339 e. The Kier molecular flexibility index (Phi) is 3.87. The molecule has 1 aliphatic rings. The van der Waals surface area contributed by atoms with Crippen molar-refractivity contribution in [3.8, 4) is 0 Å². The molecule has 0 spiro atoms. The van der Waals surface area contributed by atoms with Crippen molar-refractivity contribution < 1.29 is 9.90 Å². The second-order valence-electron chi connectivity index (χ2n) is 4.63. The fraction of sp³-hybridized carbons (Fsp3) is 0.500. The first-order chi connectivity index (χ1) is 8.49. The Morgan fingerprint density at radius 3 is 2.89 bits per heavy atom. The van der Waals surface area contributed by atoms with Gasteiger partial charge in [0.2, 0.25) is 0 Å². The summed E-state index contributed by atoms with van der Waals surface area (Å²) >= 11 is 3.26. The summed E-state index contributed by atoms with van der Waals surface area (Å²) in [6.45, 7) is 4.72. The highest BCUT2D eigenvalue weighted by molar-refractivity contribution is 9.10. The number of aromatic nitrogens is 1. The first-order valence-electron chi connectivity index (χ1n) is 5.83.